The van der Waals surface area contributed by atoms with Crippen molar-refractivity contribution < 1.29 is 24.2 Å². The summed E-state index contributed by atoms with van der Waals surface area (Å²) in [6.07, 6.45) is 3.26. The molecule has 1 unspecified atom stereocenters. The highest BCUT2D eigenvalue weighted by Gasteiger charge is 2.66. The van der Waals surface area contributed by atoms with Gasteiger partial charge in [0.15, 0.2) is 13.9 Å². The van der Waals surface area contributed by atoms with Crippen molar-refractivity contribution in [3.05, 3.63) is 107 Å². The molecule has 0 radical (unpaired) electrons. The number of benzene rings is 3. The van der Waals surface area contributed by atoms with Gasteiger partial charge in [0.05, 0.1) is 36.6 Å². The highest BCUT2D eigenvalue weighted by Crippen LogP contribution is 2.60. The number of carbonyl (C=O) groups excluding carboxylic acids is 2. The number of hydrogen-bond acceptors (Lipinski definition) is 7. The number of carbonyl (C=O) groups is 2. The Morgan fingerprint density at radius 1 is 1.04 bits per heavy atom. The van der Waals surface area contributed by atoms with Crippen LogP contribution in [0.15, 0.2) is 85.1 Å². The first kappa shape index (κ1) is 32.4. The maximum absolute atomic E-state index is 14.8. The summed E-state index contributed by atoms with van der Waals surface area (Å²) in [5.74, 6) is -0.671. The van der Waals surface area contributed by atoms with Crippen molar-refractivity contribution in [1.29, 1.82) is 0 Å². The second-order valence-corrected chi connectivity index (χ2v) is 17.9. The van der Waals surface area contributed by atoms with Crippen LogP contribution in [0.2, 0.25) is 18.6 Å². The molecule has 0 bridgehead atoms. The predicted octanol–water partition coefficient (Wildman–Crippen LogP) is 4.96. The van der Waals surface area contributed by atoms with E-state index in [9.17, 15) is 19.5 Å². The zero-order chi connectivity index (χ0) is 33.6. The molecule has 2 amide bonds. The number of hydrogen-bond donors (Lipinski definition) is 2. The number of aryl methyl sites for hydroxylation is 1. The lowest BCUT2D eigenvalue weighted by Gasteiger charge is -2.32. The Bertz CT molecular complexity index is 1790. The smallest absolute Gasteiger partial charge is 0.264 e. The van der Waals surface area contributed by atoms with E-state index in [-0.39, 0.29) is 35.8 Å². The van der Waals surface area contributed by atoms with E-state index in [0.29, 0.717) is 38.2 Å². The molecule has 11 heteroatoms. The zero-order valence-electron chi connectivity index (χ0n) is 27.7. The van der Waals surface area contributed by atoms with Crippen LogP contribution < -0.4 is 9.80 Å². The van der Waals surface area contributed by atoms with Gasteiger partial charge in [0.25, 0.3) is 5.91 Å². The van der Waals surface area contributed by atoms with Crippen LogP contribution >= 0.6 is 0 Å². The normalized spacial score (nSPS) is 24.6. The van der Waals surface area contributed by atoms with Crippen LogP contribution in [0.25, 0.3) is 0 Å². The fourth-order valence-corrected chi connectivity index (χ4v) is 10.8. The van der Waals surface area contributed by atoms with Gasteiger partial charge in [-0.15, -0.1) is 5.10 Å². The Hall–Kier alpha value is -4.16. The lowest BCUT2D eigenvalue weighted by Crippen LogP contribution is -2.46. The fourth-order valence-electron chi connectivity index (χ4n) is 8.24. The third-order valence-corrected chi connectivity index (χ3v) is 13.0. The van der Waals surface area contributed by atoms with E-state index >= 15 is 0 Å². The molecular weight excluding hydrogens is 623 g/mol. The number of fused-ring (bicyclic) bond motifs is 2. The summed E-state index contributed by atoms with van der Waals surface area (Å²) in [5, 5.41) is 18.9. The Kier molecular flexibility index (Phi) is 8.57. The van der Waals surface area contributed by atoms with Gasteiger partial charge in [-0.1, -0.05) is 72.8 Å². The van der Waals surface area contributed by atoms with Gasteiger partial charge in [0, 0.05) is 48.4 Å². The van der Waals surface area contributed by atoms with Crippen LogP contribution in [0.1, 0.15) is 54.5 Å². The molecule has 1 spiro atoms. The Balaban J connectivity index is 1.22. The van der Waals surface area contributed by atoms with Crippen molar-refractivity contribution in [3.63, 3.8) is 0 Å². The second kappa shape index (κ2) is 12.7. The second-order valence-electron chi connectivity index (χ2n) is 13.9. The molecule has 4 heterocycles. The van der Waals surface area contributed by atoms with Crippen molar-refractivity contribution in [3.8, 4) is 0 Å². The number of anilines is 2. The predicted molar refractivity (Wildman–Crippen MR) is 185 cm³/mol. The van der Waals surface area contributed by atoms with E-state index in [2.05, 4.69) is 10.3 Å². The first-order valence-corrected chi connectivity index (χ1v) is 19.9. The SMILES string of the molecule is C[C@H]1[C@H]([Si](C)(C)O)[C@@H](CCn2cc(C(CO)c3ccccc3)nn2)O[C@]12C(=O)N(Cc1ccccc1)c1ccc(N3CCCC3=O)cc12. The van der Waals surface area contributed by atoms with E-state index in [0.717, 1.165) is 34.5 Å². The van der Waals surface area contributed by atoms with E-state index in [1.54, 1.807) is 9.58 Å². The molecule has 5 atom stereocenters. The number of ether oxygens (including phenoxy) is 1. The average molecular weight is 666 g/mol. The molecule has 0 aliphatic carbocycles. The number of aliphatic hydroxyl groups excluding tert-OH is 1. The van der Waals surface area contributed by atoms with Gasteiger partial charge in [-0.05, 0) is 55.3 Å². The third-order valence-electron chi connectivity index (χ3n) is 10.5. The maximum atomic E-state index is 14.8. The molecule has 2 saturated heterocycles. The van der Waals surface area contributed by atoms with E-state index in [1.165, 1.54) is 0 Å². The third kappa shape index (κ3) is 5.58. The molecular formula is C37H43N5O5Si. The molecule has 4 aromatic rings. The van der Waals surface area contributed by atoms with Gasteiger partial charge in [-0.3, -0.25) is 14.3 Å². The lowest BCUT2D eigenvalue weighted by molar-refractivity contribution is -0.146. The zero-order valence-corrected chi connectivity index (χ0v) is 28.7. The summed E-state index contributed by atoms with van der Waals surface area (Å²) >= 11 is 0. The monoisotopic (exact) mass is 665 g/mol. The van der Waals surface area contributed by atoms with Crippen LogP contribution in [0.4, 0.5) is 11.4 Å². The highest BCUT2D eigenvalue weighted by molar-refractivity contribution is 6.71. The molecule has 48 heavy (non-hydrogen) atoms. The quantitative estimate of drug-likeness (QED) is 0.230. The summed E-state index contributed by atoms with van der Waals surface area (Å²) in [5.41, 5.74) is 3.39. The van der Waals surface area contributed by atoms with Gasteiger partial charge in [-0.25, -0.2) is 0 Å². The van der Waals surface area contributed by atoms with E-state index < -0.39 is 20.0 Å². The van der Waals surface area contributed by atoms with Crippen molar-refractivity contribution in [2.45, 2.75) is 75.5 Å². The van der Waals surface area contributed by atoms with Crippen LogP contribution in [-0.4, -0.2) is 64.3 Å². The molecule has 2 N–H and O–H groups in total. The average Bonchev–Trinajstić information content (AvgIpc) is 3.84. The largest absolute Gasteiger partial charge is 0.432 e. The summed E-state index contributed by atoms with van der Waals surface area (Å²) < 4.78 is 8.81. The lowest BCUT2D eigenvalue weighted by atomic mass is 9.82. The van der Waals surface area contributed by atoms with Crippen LogP contribution in [0.3, 0.4) is 0 Å². The van der Waals surface area contributed by atoms with Gasteiger partial charge >= 0.3 is 0 Å². The molecule has 3 aliphatic heterocycles. The first-order valence-electron chi connectivity index (χ1n) is 16.9. The Labute approximate surface area is 282 Å². The van der Waals surface area contributed by atoms with Crippen molar-refractivity contribution in [2.75, 3.05) is 23.0 Å². The minimum Gasteiger partial charge on any atom is -0.432 e. The molecule has 3 aliphatic rings. The van der Waals surface area contributed by atoms with Crippen molar-refractivity contribution in [2.24, 2.45) is 5.92 Å². The number of aliphatic hydroxyl groups is 1. The first-order chi connectivity index (χ1) is 23.1. The standard InChI is InChI=1S/C37H43N5O5Si/c1-25-35(48(2,3)46)33(18-20-40-23-31(38-39-40)29(24-43)27-13-8-5-9-14-27)47-37(25)30-21-28(41-19-10-15-34(41)44)16-17-32(30)42(36(37)45)22-26-11-6-4-7-12-26/h4-9,11-14,16-17,21,23,25,29,33,35,43,46H,10,15,18-20,22,24H2,1-3H3/t25-,29?,33+,35-,37+/m0/s1. The van der Waals surface area contributed by atoms with Gasteiger partial charge in [0.2, 0.25) is 5.91 Å². The van der Waals surface area contributed by atoms with Crippen molar-refractivity contribution >= 4 is 31.5 Å². The maximum Gasteiger partial charge on any atom is 0.264 e. The van der Waals surface area contributed by atoms with Crippen LogP contribution in [0.5, 0.6) is 0 Å². The fraction of sp³-hybridized carbons (Fsp3) is 0.405. The summed E-state index contributed by atoms with van der Waals surface area (Å²) in [6.45, 7) is 7.28. The number of amides is 2. The van der Waals surface area contributed by atoms with Crippen molar-refractivity contribution in [1.82, 2.24) is 15.0 Å². The molecule has 3 aromatic carbocycles. The number of aromatic nitrogens is 3. The highest BCUT2D eigenvalue weighted by atomic mass is 28.4. The Morgan fingerprint density at radius 2 is 1.77 bits per heavy atom. The molecule has 0 saturated carbocycles. The summed E-state index contributed by atoms with van der Waals surface area (Å²) in [6, 6.07) is 25.5. The number of nitrogens with zero attached hydrogens (tertiary/aromatic N) is 5. The van der Waals surface area contributed by atoms with Crippen LogP contribution in [-0.2, 0) is 33.0 Å². The van der Waals surface area contributed by atoms with E-state index in [1.807, 2.05) is 110 Å². The Morgan fingerprint density at radius 3 is 2.44 bits per heavy atom. The minimum absolute atomic E-state index is 0.0809. The van der Waals surface area contributed by atoms with Crippen LogP contribution in [0, 0.1) is 5.92 Å². The topological polar surface area (TPSA) is 121 Å². The van der Waals surface area contributed by atoms with E-state index in [4.69, 9.17) is 4.74 Å². The summed E-state index contributed by atoms with van der Waals surface area (Å²) in [7, 11) is -2.88. The molecule has 10 nitrogen and oxygen atoms in total. The number of rotatable bonds is 10. The minimum atomic E-state index is -2.88. The van der Waals surface area contributed by atoms with Gasteiger partial charge in [0.1, 0.15) is 0 Å². The molecule has 7 rings (SSSR count). The van der Waals surface area contributed by atoms with Gasteiger partial charge < -0.3 is 24.4 Å². The molecule has 2 fully saturated rings. The summed E-state index contributed by atoms with van der Waals surface area (Å²) in [4.78, 5) is 43.0. The molecule has 1 aromatic heterocycles. The molecule has 250 valence electrons. The van der Waals surface area contributed by atoms with Gasteiger partial charge in [-0.2, -0.15) is 0 Å².